The number of amides is 1. The Bertz CT molecular complexity index is 441. The molecule has 7 nitrogen and oxygen atoms in total. The molecule has 0 aromatic heterocycles. The maximum Gasteiger partial charge on any atom is 0.408 e. The minimum Gasteiger partial charge on any atom is -0.467 e. The van der Waals surface area contributed by atoms with Crippen LogP contribution >= 0.6 is 8.38 Å². The topological polar surface area (TPSA) is 94.1 Å². The minimum atomic E-state index is -2.17. The van der Waals surface area contributed by atoms with E-state index in [1.807, 2.05) is 18.2 Å². The van der Waals surface area contributed by atoms with Crippen LogP contribution in [0.3, 0.4) is 0 Å². The van der Waals surface area contributed by atoms with Crippen LogP contribution in [0.5, 0.6) is 0 Å². The number of alkyl carbamates (subject to hydrolysis) is 1. The highest BCUT2D eigenvalue weighted by molar-refractivity contribution is 7.48. The van der Waals surface area contributed by atoms with Crippen molar-refractivity contribution in [3.05, 3.63) is 35.9 Å². The van der Waals surface area contributed by atoms with E-state index >= 15 is 0 Å². The van der Waals surface area contributed by atoms with Gasteiger partial charge < -0.3 is 24.2 Å². The zero-order chi connectivity index (χ0) is 15.0. The highest BCUT2D eigenvalue weighted by Gasteiger charge is 2.31. The fraction of sp³-hybridized carbons (Fsp3) is 0.333. The van der Waals surface area contributed by atoms with E-state index in [0.717, 1.165) is 12.7 Å². The number of rotatable bonds is 6. The highest BCUT2D eigenvalue weighted by Crippen LogP contribution is 2.35. The van der Waals surface area contributed by atoms with Gasteiger partial charge in [-0.2, -0.15) is 0 Å². The van der Waals surface area contributed by atoms with Crippen LogP contribution in [0.2, 0.25) is 0 Å². The molecule has 0 aliphatic carbocycles. The number of ether oxygens (including phenoxy) is 2. The van der Waals surface area contributed by atoms with Crippen molar-refractivity contribution in [3.63, 3.8) is 0 Å². The summed E-state index contributed by atoms with van der Waals surface area (Å²) in [6.07, 6.45) is -0.845. The molecule has 1 aromatic carbocycles. The van der Waals surface area contributed by atoms with Crippen LogP contribution in [0.4, 0.5) is 4.79 Å². The van der Waals surface area contributed by atoms with Crippen molar-refractivity contribution in [1.82, 2.24) is 5.32 Å². The molecule has 2 atom stereocenters. The van der Waals surface area contributed by atoms with E-state index < -0.39 is 26.2 Å². The fourth-order valence-corrected chi connectivity index (χ4v) is 2.01. The van der Waals surface area contributed by atoms with Gasteiger partial charge in [-0.1, -0.05) is 30.3 Å². The number of hydrogen-bond donors (Lipinski definition) is 2. The van der Waals surface area contributed by atoms with Gasteiger partial charge >= 0.3 is 12.1 Å². The second kappa shape index (κ2) is 8.47. The first-order chi connectivity index (χ1) is 9.58. The van der Waals surface area contributed by atoms with Crippen LogP contribution in [-0.4, -0.2) is 37.0 Å². The average Bonchev–Trinajstić information content (AvgIpc) is 2.50. The second-order valence-corrected chi connectivity index (χ2v) is 5.10. The Labute approximate surface area is 117 Å². The quantitative estimate of drug-likeness (QED) is 0.608. The summed E-state index contributed by atoms with van der Waals surface area (Å²) in [5.74, 6) is -2.10. The first-order valence-corrected chi connectivity index (χ1v) is 6.94. The molecule has 0 bridgehead atoms. The van der Waals surface area contributed by atoms with Crippen molar-refractivity contribution in [2.24, 2.45) is 0 Å². The predicted octanol–water partition coefficient (Wildman–Crippen LogP) is 1.36. The van der Waals surface area contributed by atoms with Crippen molar-refractivity contribution in [2.75, 3.05) is 14.2 Å². The van der Waals surface area contributed by atoms with E-state index in [9.17, 15) is 14.5 Å². The lowest BCUT2D eigenvalue weighted by molar-refractivity contribution is -0.140. The minimum absolute atomic E-state index is 0.0525. The van der Waals surface area contributed by atoms with E-state index in [4.69, 9.17) is 4.74 Å². The number of methoxy groups -OCH3 is 1. The Kier molecular flexibility index (Phi) is 6.93. The van der Waals surface area contributed by atoms with Crippen LogP contribution in [0.15, 0.2) is 30.3 Å². The van der Waals surface area contributed by atoms with Gasteiger partial charge in [0.25, 0.3) is 0 Å². The fourth-order valence-electron chi connectivity index (χ4n) is 1.30. The molecule has 1 rings (SSSR count). The summed E-state index contributed by atoms with van der Waals surface area (Å²) in [5, 5.41) is 2.21. The first-order valence-electron chi connectivity index (χ1n) is 5.65. The van der Waals surface area contributed by atoms with Gasteiger partial charge in [0.05, 0.1) is 7.11 Å². The molecule has 110 valence electrons. The average molecular weight is 301 g/mol. The Morgan fingerprint density at radius 3 is 2.50 bits per heavy atom. The lowest BCUT2D eigenvalue weighted by Gasteiger charge is -2.19. The van der Waals surface area contributed by atoms with Gasteiger partial charge in [0, 0.05) is 7.11 Å². The van der Waals surface area contributed by atoms with Gasteiger partial charge in [-0.15, -0.1) is 0 Å². The Morgan fingerprint density at radius 1 is 1.30 bits per heavy atom. The van der Waals surface area contributed by atoms with Crippen molar-refractivity contribution in [1.29, 1.82) is 0 Å². The summed E-state index contributed by atoms with van der Waals surface area (Å²) in [6.45, 7) is 0.0525. The number of nitrogens with one attached hydrogen (secondary N) is 1. The van der Waals surface area contributed by atoms with Crippen molar-refractivity contribution in [3.8, 4) is 0 Å². The van der Waals surface area contributed by atoms with E-state index in [2.05, 4.69) is 14.6 Å². The molecule has 0 radical (unpaired) electrons. The molecular formula is C12H16NO6P. The zero-order valence-corrected chi connectivity index (χ0v) is 12.0. The van der Waals surface area contributed by atoms with Gasteiger partial charge in [0.1, 0.15) is 6.61 Å². The van der Waals surface area contributed by atoms with E-state index in [-0.39, 0.29) is 6.61 Å². The standard InChI is InChI=1S/C12H16NO6P/c1-17-11(14)10(20(16)18-2)13-12(15)19-8-9-6-4-3-5-7-9/h3-7,10,16H,8H2,1-2H3,(H,13,15). The molecule has 0 saturated heterocycles. The number of hydrogen-bond acceptors (Lipinski definition) is 6. The molecule has 1 aromatic rings. The van der Waals surface area contributed by atoms with Crippen LogP contribution in [0, 0.1) is 0 Å². The molecule has 0 spiro atoms. The van der Waals surface area contributed by atoms with Crippen LogP contribution in [-0.2, 0) is 25.4 Å². The van der Waals surface area contributed by atoms with Crippen molar-refractivity contribution < 1.29 is 28.5 Å². The molecule has 0 saturated carbocycles. The van der Waals surface area contributed by atoms with Crippen LogP contribution < -0.4 is 5.32 Å². The van der Waals surface area contributed by atoms with E-state index in [1.165, 1.54) is 7.11 Å². The number of carbonyl (C=O) groups excluding carboxylic acids is 2. The normalized spacial score (nSPS) is 13.2. The first kappa shape index (κ1) is 16.4. The molecule has 0 fully saturated rings. The molecule has 2 N–H and O–H groups in total. The summed E-state index contributed by atoms with van der Waals surface area (Å²) in [5.41, 5.74) is 0.801. The number of carbonyl (C=O) groups is 2. The zero-order valence-electron chi connectivity index (χ0n) is 11.1. The maximum atomic E-state index is 11.6. The summed E-state index contributed by atoms with van der Waals surface area (Å²) >= 11 is 0. The van der Waals surface area contributed by atoms with Crippen LogP contribution in [0.1, 0.15) is 5.56 Å². The van der Waals surface area contributed by atoms with Gasteiger partial charge in [-0.3, -0.25) is 0 Å². The van der Waals surface area contributed by atoms with Gasteiger partial charge in [0.15, 0.2) is 5.78 Å². The van der Waals surface area contributed by atoms with E-state index in [1.54, 1.807) is 12.1 Å². The van der Waals surface area contributed by atoms with Crippen LogP contribution in [0.25, 0.3) is 0 Å². The smallest absolute Gasteiger partial charge is 0.408 e. The lowest BCUT2D eigenvalue weighted by Crippen LogP contribution is -2.40. The SMILES string of the molecule is COC(=O)C(NC(=O)OCc1ccccc1)P(O)OC. The van der Waals surface area contributed by atoms with Gasteiger partial charge in [-0.25, -0.2) is 9.59 Å². The predicted molar refractivity (Wildman–Crippen MR) is 71.7 cm³/mol. The molecule has 1 amide bonds. The van der Waals surface area contributed by atoms with Crippen molar-refractivity contribution >= 4 is 20.4 Å². The lowest BCUT2D eigenvalue weighted by atomic mass is 10.2. The van der Waals surface area contributed by atoms with E-state index in [0.29, 0.717) is 0 Å². The molecule has 20 heavy (non-hydrogen) atoms. The van der Waals surface area contributed by atoms with Gasteiger partial charge in [-0.05, 0) is 5.56 Å². The molecular weight excluding hydrogens is 285 g/mol. The third-order valence-corrected chi connectivity index (χ3v) is 3.46. The summed E-state index contributed by atoms with van der Waals surface area (Å²) < 4.78 is 14.0. The molecule has 0 aliphatic rings. The summed E-state index contributed by atoms with van der Waals surface area (Å²) in [6, 6.07) is 9.05. The van der Waals surface area contributed by atoms with Crippen molar-refractivity contribution in [2.45, 2.75) is 12.4 Å². The largest absolute Gasteiger partial charge is 0.467 e. The Balaban J connectivity index is 2.51. The molecule has 8 heteroatoms. The number of benzene rings is 1. The summed E-state index contributed by atoms with van der Waals surface area (Å²) in [7, 11) is 0.194. The highest BCUT2D eigenvalue weighted by atomic mass is 31.2. The monoisotopic (exact) mass is 301 g/mol. The molecule has 2 unspecified atom stereocenters. The molecule has 0 aliphatic heterocycles. The third kappa shape index (κ3) is 5.13. The molecule has 0 heterocycles. The van der Waals surface area contributed by atoms with Gasteiger partial charge in [0.2, 0.25) is 8.38 Å². The Hall–Kier alpha value is -1.69. The summed E-state index contributed by atoms with van der Waals surface area (Å²) in [4.78, 5) is 32.5. The maximum absolute atomic E-state index is 11.6. The second-order valence-electron chi connectivity index (χ2n) is 3.62. The third-order valence-electron chi connectivity index (χ3n) is 2.30. The Morgan fingerprint density at radius 2 is 1.95 bits per heavy atom. The number of esters is 1.